The number of nitrogens with zero attached hydrogens (tertiary/aromatic N) is 2. The molecule has 0 radical (unpaired) electrons. The predicted octanol–water partition coefficient (Wildman–Crippen LogP) is 2.48. The van der Waals surface area contributed by atoms with Crippen LogP contribution in [-0.4, -0.2) is 27.1 Å². The van der Waals surface area contributed by atoms with E-state index < -0.39 is 0 Å². The van der Waals surface area contributed by atoms with E-state index in [4.69, 9.17) is 0 Å². The maximum absolute atomic E-state index is 12.1. The van der Waals surface area contributed by atoms with Crippen molar-refractivity contribution in [3.8, 4) is 0 Å². The summed E-state index contributed by atoms with van der Waals surface area (Å²) in [5.74, 6) is -0.121. The molecule has 0 fully saturated rings. The molecule has 0 spiro atoms. The molecule has 0 aliphatic carbocycles. The average Bonchev–Trinajstić information content (AvgIpc) is 2.74. The lowest BCUT2D eigenvalue weighted by Gasteiger charge is -2.07. The number of carbonyl (C=O) groups is 1. The van der Waals surface area contributed by atoms with Gasteiger partial charge in [0.1, 0.15) is 0 Å². The number of aromatic nitrogens is 2. The molecule has 4 nitrogen and oxygen atoms in total. The van der Waals surface area contributed by atoms with Crippen LogP contribution in [0.1, 0.15) is 23.8 Å². The Morgan fingerprint density at radius 3 is 2.94 bits per heavy atom. The lowest BCUT2D eigenvalue weighted by Crippen LogP contribution is -2.29. The monoisotopic (exact) mass is 309 g/mol. The van der Waals surface area contributed by atoms with Gasteiger partial charge < -0.3 is 5.32 Å². The fourth-order valence-electron chi connectivity index (χ4n) is 1.81. The molecule has 1 heterocycles. The second kappa shape index (κ2) is 5.52. The number of fused-ring (bicyclic) bond motifs is 1. The minimum Gasteiger partial charge on any atom is -0.349 e. The normalized spacial score (nSPS) is 12.6. The molecule has 0 saturated heterocycles. The summed E-state index contributed by atoms with van der Waals surface area (Å²) in [5, 5.41) is 8.07. The first-order valence-corrected chi connectivity index (χ1v) is 6.89. The van der Waals surface area contributed by atoms with Crippen molar-refractivity contribution in [2.24, 2.45) is 7.05 Å². The Morgan fingerprint density at radius 1 is 1.50 bits per heavy atom. The van der Waals surface area contributed by atoms with E-state index in [2.05, 4.69) is 33.3 Å². The minimum atomic E-state index is -0.121. The Kier molecular flexibility index (Phi) is 4.01. The van der Waals surface area contributed by atoms with Crippen LogP contribution in [0.15, 0.2) is 24.3 Å². The molecule has 1 atom stereocenters. The third-order valence-electron chi connectivity index (χ3n) is 2.90. The van der Waals surface area contributed by atoms with Crippen LogP contribution in [0.5, 0.6) is 0 Å². The minimum absolute atomic E-state index is 0.121. The number of alkyl halides is 1. The summed E-state index contributed by atoms with van der Waals surface area (Å²) in [7, 11) is 1.85. The molecule has 2 rings (SSSR count). The van der Waals surface area contributed by atoms with Gasteiger partial charge in [0.25, 0.3) is 5.91 Å². The van der Waals surface area contributed by atoms with Crippen molar-refractivity contribution in [1.82, 2.24) is 15.1 Å². The van der Waals surface area contributed by atoms with Crippen LogP contribution in [0.25, 0.3) is 10.9 Å². The maximum Gasteiger partial charge on any atom is 0.272 e. The third kappa shape index (κ3) is 2.56. The second-order valence-electron chi connectivity index (χ2n) is 4.20. The van der Waals surface area contributed by atoms with Crippen molar-refractivity contribution >= 4 is 32.7 Å². The molecule has 96 valence electrons. The SMILES string of the molecule is CCC(Br)CNC(=O)c1nn(C)c2ccccc12. The average molecular weight is 310 g/mol. The summed E-state index contributed by atoms with van der Waals surface area (Å²) < 4.78 is 1.73. The number of benzene rings is 1. The van der Waals surface area contributed by atoms with Gasteiger partial charge in [-0.15, -0.1) is 0 Å². The van der Waals surface area contributed by atoms with Gasteiger partial charge in [-0.05, 0) is 12.5 Å². The molecule has 18 heavy (non-hydrogen) atoms. The quantitative estimate of drug-likeness (QED) is 0.882. The fourth-order valence-corrected chi connectivity index (χ4v) is 1.97. The summed E-state index contributed by atoms with van der Waals surface area (Å²) in [6.45, 7) is 2.68. The molecule has 1 unspecified atom stereocenters. The van der Waals surface area contributed by atoms with Gasteiger partial charge in [0.2, 0.25) is 0 Å². The number of nitrogens with one attached hydrogen (secondary N) is 1. The number of hydrogen-bond donors (Lipinski definition) is 1. The molecular weight excluding hydrogens is 294 g/mol. The molecular formula is C13H16BrN3O. The van der Waals surface area contributed by atoms with Crippen molar-refractivity contribution in [2.45, 2.75) is 18.2 Å². The van der Waals surface area contributed by atoms with Crippen LogP contribution in [0, 0.1) is 0 Å². The van der Waals surface area contributed by atoms with Crippen LogP contribution in [0.2, 0.25) is 0 Å². The standard InChI is InChI=1S/C13H16BrN3O/c1-3-9(14)8-15-13(18)12-10-6-4-5-7-11(10)17(2)16-12/h4-7,9H,3,8H2,1-2H3,(H,15,18). The van der Waals surface area contributed by atoms with Crippen LogP contribution in [0.3, 0.4) is 0 Å². The Labute approximate surface area is 114 Å². The first-order valence-electron chi connectivity index (χ1n) is 5.97. The van der Waals surface area contributed by atoms with Crippen molar-refractivity contribution < 1.29 is 4.79 Å². The van der Waals surface area contributed by atoms with E-state index in [0.717, 1.165) is 17.3 Å². The number of carbonyl (C=O) groups excluding carboxylic acids is 1. The van der Waals surface area contributed by atoms with Crippen molar-refractivity contribution in [3.63, 3.8) is 0 Å². The second-order valence-corrected chi connectivity index (χ2v) is 5.50. The summed E-state index contributed by atoms with van der Waals surface area (Å²) in [4.78, 5) is 12.4. The summed E-state index contributed by atoms with van der Waals surface area (Å²) >= 11 is 3.49. The van der Waals surface area contributed by atoms with Crippen molar-refractivity contribution in [2.75, 3.05) is 6.54 Å². The zero-order chi connectivity index (χ0) is 13.1. The predicted molar refractivity (Wildman–Crippen MR) is 76.1 cm³/mol. The molecule has 1 aromatic carbocycles. The number of aryl methyl sites for hydroxylation is 1. The van der Waals surface area contributed by atoms with Gasteiger partial charge >= 0.3 is 0 Å². The summed E-state index contributed by atoms with van der Waals surface area (Å²) in [5.41, 5.74) is 1.46. The number of hydrogen-bond acceptors (Lipinski definition) is 2. The van der Waals surface area contributed by atoms with Crippen molar-refractivity contribution in [1.29, 1.82) is 0 Å². The third-order valence-corrected chi connectivity index (χ3v) is 3.87. The Morgan fingerprint density at radius 2 is 2.22 bits per heavy atom. The van der Waals surface area contributed by atoms with Gasteiger partial charge in [-0.3, -0.25) is 9.48 Å². The molecule has 0 aliphatic heterocycles. The largest absolute Gasteiger partial charge is 0.349 e. The van der Waals surface area contributed by atoms with E-state index in [1.165, 1.54) is 0 Å². The first kappa shape index (κ1) is 13.1. The number of para-hydroxylation sites is 1. The van der Waals surface area contributed by atoms with Crippen LogP contribution in [-0.2, 0) is 7.05 Å². The van der Waals surface area contributed by atoms with E-state index in [0.29, 0.717) is 17.1 Å². The van der Waals surface area contributed by atoms with Gasteiger partial charge in [0, 0.05) is 23.8 Å². The molecule has 2 aromatic rings. The van der Waals surface area contributed by atoms with Crippen molar-refractivity contribution in [3.05, 3.63) is 30.0 Å². The fraction of sp³-hybridized carbons (Fsp3) is 0.385. The highest BCUT2D eigenvalue weighted by molar-refractivity contribution is 9.09. The van der Waals surface area contributed by atoms with E-state index in [1.807, 2.05) is 31.3 Å². The lowest BCUT2D eigenvalue weighted by atomic mass is 10.2. The Balaban J connectivity index is 2.23. The number of halogens is 1. The van der Waals surface area contributed by atoms with E-state index in [1.54, 1.807) is 4.68 Å². The van der Waals surface area contributed by atoms with Gasteiger partial charge in [0.05, 0.1) is 5.52 Å². The topological polar surface area (TPSA) is 46.9 Å². The number of rotatable bonds is 4. The Bertz CT molecular complexity index is 564. The summed E-state index contributed by atoms with van der Waals surface area (Å²) in [6, 6.07) is 7.73. The van der Waals surface area contributed by atoms with Crippen LogP contribution < -0.4 is 5.32 Å². The van der Waals surface area contributed by atoms with Crippen LogP contribution in [0.4, 0.5) is 0 Å². The smallest absolute Gasteiger partial charge is 0.272 e. The van der Waals surface area contributed by atoms with Gasteiger partial charge in [-0.1, -0.05) is 41.1 Å². The zero-order valence-corrected chi connectivity index (χ0v) is 12.1. The van der Waals surface area contributed by atoms with E-state index in [-0.39, 0.29) is 5.91 Å². The molecule has 1 amide bonds. The van der Waals surface area contributed by atoms with Gasteiger partial charge in [0.15, 0.2) is 5.69 Å². The maximum atomic E-state index is 12.1. The molecule has 0 aliphatic rings. The highest BCUT2D eigenvalue weighted by Gasteiger charge is 2.15. The molecule has 5 heteroatoms. The van der Waals surface area contributed by atoms with Gasteiger partial charge in [-0.25, -0.2) is 0 Å². The molecule has 1 aromatic heterocycles. The molecule has 0 saturated carbocycles. The van der Waals surface area contributed by atoms with E-state index in [9.17, 15) is 4.79 Å². The lowest BCUT2D eigenvalue weighted by molar-refractivity contribution is 0.0949. The first-order chi connectivity index (χ1) is 8.63. The molecule has 0 bridgehead atoms. The highest BCUT2D eigenvalue weighted by Crippen LogP contribution is 2.17. The van der Waals surface area contributed by atoms with Gasteiger partial charge in [-0.2, -0.15) is 5.10 Å². The molecule has 1 N–H and O–H groups in total. The zero-order valence-electron chi connectivity index (χ0n) is 10.5. The van der Waals surface area contributed by atoms with Crippen LogP contribution >= 0.6 is 15.9 Å². The number of amides is 1. The van der Waals surface area contributed by atoms with E-state index >= 15 is 0 Å². The highest BCUT2D eigenvalue weighted by atomic mass is 79.9. The Hall–Kier alpha value is -1.36. The summed E-state index contributed by atoms with van der Waals surface area (Å²) in [6.07, 6.45) is 0.975.